The fourth-order valence-electron chi connectivity index (χ4n) is 0.937. The monoisotopic (exact) mass is 183 g/mol. The normalized spacial score (nSPS) is 11.3. The van der Waals surface area contributed by atoms with Crippen LogP contribution < -0.4 is 16.8 Å². The van der Waals surface area contributed by atoms with E-state index in [0.29, 0.717) is 17.1 Å². The van der Waals surface area contributed by atoms with E-state index < -0.39 is 5.91 Å². The maximum Gasteiger partial charge on any atom is 0.241 e. The summed E-state index contributed by atoms with van der Waals surface area (Å²) < 4.78 is 0. The summed E-state index contributed by atoms with van der Waals surface area (Å²) in [5.74, 6) is -2.00. The van der Waals surface area contributed by atoms with Gasteiger partial charge in [0.2, 0.25) is 5.91 Å². The maximum absolute atomic E-state index is 9.03. The molecule has 0 unspecified atom stereocenters. The molecule has 0 spiro atoms. The first-order chi connectivity index (χ1) is 5.88. The summed E-state index contributed by atoms with van der Waals surface area (Å²) in [4.78, 5) is 0. The van der Waals surface area contributed by atoms with Crippen LogP contribution in [0.25, 0.3) is 0 Å². The van der Waals surface area contributed by atoms with Crippen molar-refractivity contribution in [3.8, 4) is 0 Å². The second-order valence-electron chi connectivity index (χ2n) is 2.99. The largest absolute Gasteiger partial charge is 0.399 e. The second-order valence-corrected chi connectivity index (χ2v) is 2.99. The van der Waals surface area contributed by atoms with E-state index in [9.17, 15) is 0 Å². The predicted octanol–water partition coefficient (Wildman–Crippen LogP) is -0.0788. The van der Waals surface area contributed by atoms with Crippen molar-refractivity contribution in [2.24, 2.45) is 0 Å². The molecule has 0 aromatic heterocycles. The lowest BCUT2D eigenvalue weighted by Crippen LogP contribution is -2.33. The SMILES string of the molecule is CC(O)(O)Nc1cc(N)ccc1N. The molecular weight excluding hydrogens is 170 g/mol. The molecule has 5 heteroatoms. The molecule has 0 atom stereocenters. The first-order valence-electron chi connectivity index (χ1n) is 3.76. The summed E-state index contributed by atoms with van der Waals surface area (Å²) in [5.41, 5.74) is 12.3. The van der Waals surface area contributed by atoms with Crippen molar-refractivity contribution >= 4 is 17.1 Å². The van der Waals surface area contributed by atoms with E-state index in [2.05, 4.69) is 5.32 Å². The van der Waals surface area contributed by atoms with Crippen molar-refractivity contribution in [3.63, 3.8) is 0 Å². The van der Waals surface area contributed by atoms with Crippen molar-refractivity contribution in [1.82, 2.24) is 0 Å². The molecule has 0 aliphatic rings. The Kier molecular flexibility index (Phi) is 2.31. The number of hydrogen-bond donors (Lipinski definition) is 5. The first kappa shape index (κ1) is 9.63. The topological polar surface area (TPSA) is 105 Å². The highest BCUT2D eigenvalue weighted by molar-refractivity contribution is 5.71. The molecule has 0 amide bonds. The van der Waals surface area contributed by atoms with Gasteiger partial charge in [-0.3, -0.25) is 0 Å². The number of anilines is 3. The van der Waals surface area contributed by atoms with Crippen LogP contribution in [-0.4, -0.2) is 16.1 Å². The van der Waals surface area contributed by atoms with Gasteiger partial charge in [-0.1, -0.05) is 0 Å². The zero-order chi connectivity index (χ0) is 10.1. The molecule has 0 aliphatic heterocycles. The van der Waals surface area contributed by atoms with Crippen molar-refractivity contribution in [2.75, 3.05) is 16.8 Å². The average molecular weight is 183 g/mol. The number of rotatable bonds is 2. The molecule has 0 fully saturated rings. The summed E-state index contributed by atoms with van der Waals surface area (Å²) in [7, 11) is 0. The molecule has 5 nitrogen and oxygen atoms in total. The summed E-state index contributed by atoms with van der Waals surface area (Å²) >= 11 is 0. The van der Waals surface area contributed by atoms with Gasteiger partial charge in [-0.2, -0.15) is 0 Å². The third-order valence-electron chi connectivity index (χ3n) is 1.45. The minimum absolute atomic E-state index is 0.396. The summed E-state index contributed by atoms with van der Waals surface area (Å²) in [6.07, 6.45) is 0. The van der Waals surface area contributed by atoms with Gasteiger partial charge < -0.3 is 27.0 Å². The van der Waals surface area contributed by atoms with Crippen molar-refractivity contribution < 1.29 is 10.2 Å². The molecule has 13 heavy (non-hydrogen) atoms. The van der Waals surface area contributed by atoms with Gasteiger partial charge in [0.1, 0.15) is 0 Å². The van der Waals surface area contributed by atoms with Crippen LogP contribution in [-0.2, 0) is 0 Å². The van der Waals surface area contributed by atoms with E-state index >= 15 is 0 Å². The lowest BCUT2D eigenvalue weighted by molar-refractivity contribution is -0.118. The second kappa shape index (κ2) is 3.12. The molecule has 1 aromatic rings. The number of aliphatic hydroxyl groups is 2. The minimum atomic E-state index is -2.00. The van der Waals surface area contributed by atoms with Crippen LogP contribution in [0, 0.1) is 0 Å². The summed E-state index contributed by atoms with van der Waals surface area (Å²) in [5, 5.41) is 20.5. The smallest absolute Gasteiger partial charge is 0.241 e. The van der Waals surface area contributed by atoms with Gasteiger partial charge in [0.05, 0.1) is 11.4 Å². The number of nitrogens with one attached hydrogen (secondary N) is 1. The highest BCUT2D eigenvalue weighted by Gasteiger charge is 2.15. The molecule has 1 rings (SSSR count). The fourth-order valence-corrected chi connectivity index (χ4v) is 0.937. The van der Waals surface area contributed by atoms with E-state index in [1.165, 1.54) is 13.0 Å². The van der Waals surface area contributed by atoms with Crippen LogP contribution in [0.2, 0.25) is 0 Å². The molecule has 7 N–H and O–H groups in total. The van der Waals surface area contributed by atoms with Crippen molar-refractivity contribution in [1.29, 1.82) is 0 Å². The van der Waals surface area contributed by atoms with Gasteiger partial charge >= 0.3 is 0 Å². The molecule has 0 radical (unpaired) electrons. The summed E-state index contributed by atoms with van der Waals surface area (Å²) in [6, 6.07) is 4.75. The predicted molar refractivity (Wildman–Crippen MR) is 51.7 cm³/mol. The number of benzene rings is 1. The van der Waals surface area contributed by atoms with Crippen LogP contribution in [0.3, 0.4) is 0 Å². The first-order valence-corrected chi connectivity index (χ1v) is 3.76. The number of nitrogen functional groups attached to an aromatic ring is 2. The van der Waals surface area contributed by atoms with Gasteiger partial charge in [-0.25, -0.2) is 0 Å². The number of nitrogens with two attached hydrogens (primary N) is 2. The van der Waals surface area contributed by atoms with E-state index in [1.54, 1.807) is 12.1 Å². The van der Waals surface area contributed by atoms with Gasteiger partial charge in [0.15, 0.2) is 0 Å². The molecule has 0 bridgehead atoms. The van der Waals surface area contributed by atoms with Crippen molar-refractivity contribution in [3.05, 3.63) is 18.2 Å². The minimum Gasteiger partial charge on any atom is -0.399 e. The summed E-state index contributed by atoms with van der Waals surface area (Å²) in [6.45, 7) is 1.19. The van der Waals surface area contributed by atoms with Gasteiger partial charge in [0.25, 0.3) is 0 Å². The molecule has 0 saturated heterocycles. The quantitative estimate of drug-likeness (QED) is 0.326. The molecule has 0 saturated carbocycles. The van der Waals surface area contributed by atoms with E-state index in [1.807, 2.05) is 0 Å². The van der Waals surface area contributed by atoms with Crippen LogP contribution in [0.5, 0.6) is 0 Å². The van der Waals surface area contributed by atoms with Crippen LogP contribution in [0.1, 0.15) is 6.92 Å². The lowest BCUT2D eigenvalue weighted by Gasteiger charge is -2.20. The lowest BCUT2D eigenvalue weighted by atomic mass is 10.2. The Hall–Kier alpha value is -1.46. The van der Waals surface area contributed by atoms with Crippen molar-refractivity contribution in [2.45, 2.75) is 12.8 Å². The zero-order valence-electron chi connectivity index (χ0n) is 7.28. The standard InChI is InChI=1S/C8H13N3O2/c1-8(12,13)11-7-4-5(9)2-3-6(7)10/h2-4,11-13H,9-10H2,1H3. The molecule has 72 valence electrons. The fraction of sp³-hybridized carbons (Fsp3) is 0.250. The third kappa shape index (κ3) is 2.81. The number of hydrogen-bond acceptors (Lipinski definition) is 5. The Balaban J connectivity index is 2.94. The van der Waals surface area contributed by atoms with E-state index in [-0.39, 0.29) is 0 Å². The molecular formula is C8H13N3O2. The van der Waals surface area contributed by atoms with Crippen LogP contribution >= 0.6 is 0 Å². The Labute approximate surface area is 76.0 Å². The highest BCUT2D eigenvalue weighted by atomic mass is 16.5. The van der Waals surface area contributed by atoms with Crippen LogP contribution in [0.15, 0.2) is 18.2 Å². The van der Waals surface area contributed by atoms with E-state index in [4.69, 9.17) is 21.7 Å². The zero-order valence-corrected chi connectivity index (χ0v) is 7.28. The molecule has 1 aromatic carbocycles. The Morgan fingerprint density at radius 1 is 1.31 bits per heavy atom. The Bertz CT molecular complexity index is 307. The highest BCUT2D eigenvalue weighted by Crippen LogP contribution is 2.23. The Morgan fingerprint density at radius 2 is 1.92 bits per heavy atom. The Morgan fingerprint density at radius 3 is 2.46 bits per heavy atom. The van der Waals surface area contributed by atoms with Gasteiger partial charge in [-0.05, 0) is 18.2 Å². The van der Waals surface area contributed by atoms with Gasteiger partial charge in [-0.15, -0.1) is 0 Å². The van der Waals surface area contributed by atoms with Crippen LogP contribution in [0.4, 0.5) is 17.1 Å². The maximum atomic E-state index is 9.03. The molecule has 0 heterocycles. The van der Waals surface area contributed by atoms with E-state index in [0.717, 1.165) is 0 Å². The molecule has 0 aliphatic carbocycles. The third-order valence-corrected chi connectivity index (χ3v) is 1.45. The van der Waals surface area contributed by atoms with Gasteiger partial charge in [0, 0.05) is 12.6 Å². The average Bonchev–Trinajstić information content (AvgIpc) is 1.94.